The highest BCUT2D eigenvalue weighted by Crippen LogP contribution is 2.17. The van der Waals surface area contributed by atoms with E-state index in [9.17, 15) is 4.79 Å². The monoisotopic (exact) mass is 348 g/mol. The summed E-state index contributed by atoms with van der Waals surface area (Å²) in [5, 5.41) is 14.5. The van der Waals surface area contributed by atoms with Gasteiger partial charge in [-0.1, -0.05) is 6.92 Å². The first-order valence-electron chi connectivity index (χ1n) is 5.51. The van der Waals surface area contributed by atoms with E-state index >= 15 is 0 Å². The third-order valence-electron chi connectivity index (χ3n) is 2.49. The molecule has 1 aromatic rings. The van der Waals surface area contributed by atoms with Gasteiger partial charge in [0.25, 0.3) is 0 Å². The maximum atomic E-state index is 11.6. The first-order valence-corrected chi connectivity index (χ1v) is 6.59. The molecule has 5 heteroatoms. The molecule has 1 rings (SSSR count). The van der Waals surface area contributed by atoms with Gasteiger partial charge in [0, 0.05) is 9.26 Å². The molecule has 0 heterocycles. The minimum absolute atomic E-state index is 0.0460. The summed E-state index contributed by atoms with van der Waals surface area (Å²) in [6.45, 7) is 3.81. The number of aryl methyl sites for hydroxylation is 1. The van der Waals surface area contributed by atoms with E-state index in [2.05, 4.69) is 33.2 Å². The van der Waals surface area contributed by atoms with Crippen molar-refractivity contribution < 1.29 is 9.90 Å². The standard InChI is InChI=1S/C12H17IN2O2/c1-3-10(7-16)14-12(17)15-11-5-4-9(13)6-8(11)2/h4-6,10,16H,3,7H2,1-2H3,(H2,14,15,17). The lowest BCUT2D eigenvalue weighted by Crippen LogP contribution is -2.39. The Labute approximate surface area is 115 Å². The largest absolute Gasteiger partial charge is 0.394 e. The molecule has 1 unspecified atom stereocenters. The summed E-state index contributed by atoms with van der Waals surface area (Å²) in [4.78, 5) is 11.6. The van der Waals surface area contributed by atoms with Crippen LogP contribution in [0.3, 0.4) is 0 Å². The van der Waals surface area contributed by atoms with Crippen molar-refractivity contribution >= 4 is 34.3 Å². The number of hydrogen-bond acceptors (Lipinski definition) is 2. The Morgan fingerprint density at radius 1 is 1.53 bits per heavy atom. The molecule has 1 aromatic carbocycles. The third kappa shape index (κ3) is 4.51. The number of benzene rings is 1. The van der Waals surface area contributed by atoms with Crippen molar-refractivity contribution in [3.8, 4) is 0 Å². The molecule has 0 saturated carbocycles. The molecule has 94 valence electrons. The van der Waals surface area contributed by atoms with Gasteiger partial charge < -0.3 is 15.7 Å². The predicted molar refractivity (Wildman–Crippen MR) is 77.2 cm³/mol. The summed E-state index contributed by atoms with van der Waals surface area (Å²) >= 11 is 2.23. The highest BCUT2D eigenvalue weighted by Gasteiger charge is 2.09. The second-order valence-corrected chi connectivity index (χ2v) is 5.09. The number of anilines is 1. The van der Waals surface area contributed by atoms with Gasteiger partial charge >= 0.3 is 6.03 Å². The quantitative estimate of drug-likeness (QED) is 0.733. The molecule has 0 aromatic heterocycles. The van der Waals surface area contributed by atoms with Gasteiger partial charge in [0.15, 0.2) is 0 Å². The summed E-state index contributed by atoms with van der Waals surface area (Å²) < 4.78 is 1.13. The molecule has 0 fully saturated rings. The highest BCUT2D eigenvalue weighted by molar-refractivity contribution is 14.1. The number of carbonyl (C=O) groups is 1. The fourth-order valence-electron chi connectivity index (χ4n) is 1.39. The van der Waals surface area contributed by atoms with Crippen LogP contribution in [0.5, 0.6) is 0 Å². The minimum atomic E-state index is -0.282. The van der Waals surface area contributed by atoms with Crippen molar-refractivity contribution in [3.63, 3.8) is 0 Å². The zero-order chi connectivity index (χ0) is 12.8. The van der Waals surface area contributed by atoms with E-state index in [4.69, 9.17) is 5.11 Å². The molecule has 0 saturated heterocycles. The summed E-state index contributed by atoms with van der Waals surface area (Å²) in [7, 11) is 0. The van der Waals surface area contributed by atoms with E-state index in [1.165, 1.54) is 0 Å². The Morgan fingerprint density at radius 2 is 2.24 bits per heavy atom. The molecular weight excluding hydrogens is 331 g/mol. The maximum Gasteiger partial charge on any atom is 0.319 e. The number of halogens is 1. The van der Waals surface area contributed by atoms with Gasteiger partial charge in [-0.05, 0) is 59.7 Å². The van der Waals surface area contributed by atoms with E-state index in [1.807, 2.05) is 32.0 Å². The van der Waals surface area contributed by atoms with E-state index in [1.54, 1.807) is 0 Å². The molecule has 0 spiro atoms. The predicted octanol–water partition coefficient (Wildman–Crippen LogP) is 2.49. The molecule has 0 aliphatic heterocycles. The van der Waals surface area contributed by atoms with Crippen molar-refractivity contribution in [1.29, 1.82) is 0 Å². The SMILES string of the molecule is CCC(CO)NC(=O)Nc1ccc(I)cc1C. The van der Waals surface area contributed by atoms with E-state index < -0.39 is 0 Å². The number of hydrogen-bond donors (Lipinski definition) is 3. The summed E-state index contributed by atoms with van der Waals surface area (Å²) in [6.07, 6.45) is 0.704. The van der Waals surface area contributed by atoms with Crippen LogP contribution in [0.4, 0.5) is 10.5 Å². The Morgan fingerprint density at radius 3 is 2.76 bits per heavy atom. The van der Waals surface area contributed by atoms with Crippen LogP contribution in [0.25, 0.3) is 0 Å². The van der Waals surface area contributed by atoms with E-state index in [0.717, 1.165) is 14.8 Å². The second-order valence-electron chi connectivity index (χ2n) is 3.85. The van der Waals surface area contributed by atoms with Gasteiger partial charge in [0.05, 0.1) is 12.6 Å². The molecule has 17 heavy (non-hydrogen) atoms. The van der Waals surface area contributed by atoms with E-state index in [-0.39, 0.29) is 18.7 Å². The zero-order valence-corrected chi connectivity index (χ0v) is 12.1. The lowest BCUT2D eigenvalue weighted by Gasteiger charge is -2.15. The molecule has 0 radical (unpaired) electrons. The van der Waals surface area contributed by atoms with Crippen LogP contribution >= 0.6 is 22.6 Å². The average Bonchev–Trinajstić information content (AvgIpc) is 2.29. The van der Waals surface area contributed by atoms with Gasteiger partial charge in [0.1, 0.15) is 0 Å². The Balaban J connectivity index is 2.62. The van der Waals surface area contributed by atoms with Crippen LogP contribution in [0, 0.1) is 10.5 Å². The maximum absolute atomic E-state index is 11.6. The van der Waals surface area contributed by atoms with Crippen LogP contribution < -0.4 is 10.6 Å². The Hall–Kier alpha value is -0.820. The topological polar surface area (TPSA) is 61.4 Å². The van der Waals surface area contributed by atoms with Gasteiger partial charge in [-0.2, -0.15) is 0 Å². The smallest absolute Gasteiger partial charge is 0.319 e. The van der Waals surface area contributed by atoms with Crippen LogP contribution in [-0.2, 0) is 0 Å². The molecule has 4 nitrogen and oxygen atoms in total. The molecule has 0 bridgehead atoms. The number of aliphatic hydroxyl groups is 1. The van der Waals surface area contributed by atoms with Crippen molar-refractivity contribution in [2.24, 2.45) is 0 Å². The Kier molecular flexibility index (Phi) is 5.70. The van der Waals surface area contributed by atoms with Gasteiger partial charge in [-0.3, -0.25) is 0 Å². The van der Waals surface area contributed by atoms with Gasteiger partial charge in [-0.25, -0.2) is 4.79 Å². The first-order chi connectivity index (χ1) is 8.06. The number of urea groups is 1. The fourth-order valence-corrected chi connectivity index (χ4v) is 2.03. The summed E-state index contributed by atoms with van der Waals surface area (Å²) in [5.74, 6) is 0. The van der Waals surface area contributed by atoms with Gasteiger partial charge in [0.2, 0.25) is 0 Å². The minimum Gasteiger partial charge on any atom is -0.394 e. The zero-order valence-electron chi connectivity index (χ0n) is 9.96. The molecule has 1 atom stereocenters. The number of aliphatic hydroxyl groups excluding tert-OH is 1. The van der Waals surface area contributed by atoms with Crippen molar-refractivity contribution in [2.45, 2.75) is 26.3 Å². The van der Waals surface area contributed by atoms with Crippen molar-refractivity contribution in [2.75, 3.05) is 11.9 Å². The molecule has 0 aliphatic rings. The highest BCUT2D eigenvalue weighted by atomic mass is 127. The lowest BCUT2D eigenvalue weighted by molar-refractivity contribution is 0.222. The molecule has 2 amide bonds. The fraction of sp³-hybridized carbons (Fsp3) is 0.417. The number of amides is 2. The van der Waals surface area contributed by atoms with Crippen molar-refractivity contribution in [3.05, 3.63) is 27.3 Å². The third-order valence-corrected chi connectivity index (χ3v) is 3.16. The lowest BCUT2D eigenvalue weighted by atomic mass is 10.2. The van der Waals surface area contributed by atoms with Crippen LogP contribution in [0.1, 0.15) is 18.9 Å². The number of nitrogens with one attached hydrogen (secondary N) is 2. The number of carbonyl (C=O) groups excluding carboxylic acids is 1. The van der Waals surface area contributed by atoms with Crippen molar-refractivity contribution in [1.82, 2.24) is 5.32 Å². The van der Waals surface area contributed by atoms with E-state index in [0.29, 0.717) is 6.42 Å². The van der Waals surface area contributed by atoms with Gasteiger partial charge in [-0.15, -0.1) is 0 Å². The van der Waals surface area contributed by atoms with Crippen LogP contribution in [-0.4, -0.2) is 23.8 Å². The average molecular weight is 348 g/mol. The molecular formula is C12H17IN2O2. The van der Waals surface area contributed by atoms with Crippen LogP contribution in [0.15, 0.2) is 18.2 Å². The Bertz CT molecular complexity index is 392. The second kappa shape index (κ2) is 6.80. The number of rotatable bonds is 4. The first kappa shape index (κ1) is 14.2. The summed E-state index contributed by atoms with van der Waals surface area (Å²) in [5.41, 5.74) is 1.81. The molecule has 0 aliphatic carbocycles. The summed E-state index contributed by atoms with van der Waals surface area (Å²) in [6, 6.07) is 5.33. The molecule has 3 N–H and O–H groups in total. The normalized spacial score (nSPS) is 12.0. The van der Waals surface area contributed by atoms with Crippen LogP contribution in [0.2, 0.25) is 0 Å².